The molecule has 1 aromatic rings. The van der Waals surface area contributed by atoms with Crippen LogP contribution in [0.15, 0.2) is 18.2 Å². The average molecular weight is 268 g/mol. The molecule has 1 aliphatic rings. The van der Waals surface area contributed by atoms with Crippen molar-refractivity contribution in [2.45, 2.75) is 44.7 Å². The largest absolute Gasteiger partial charge is 0.329 e. The summed E-state index contributed by atoms with van der Waals surface area (Å²) in [7, 11) is 0. The second kappa shape index (κ2) is 6.96. The highest BCUT2D eigenvalue weighted by Crippen LogP contribution is 2.24. The van der Waals surface area contributed by atoms with Crippen molar-refractivity contribution in [3.63, 3.8) is 0 Å². The molecule has 2 nitrogen and oxygen atoms in total. The topological polar surface area (TPSA) is 29.3 Å². The van der Waals surface area contributed by atoms with Gasteiger partial charge < -0.3 is 5.73 Å². The van der Waals surface area contributed by atoms with Crippen LogP contribution >= 0.6 is 0 Å². The van der Waals surface area contributed by atoms with Gasteiger partial charge >= 0.3 is 0 Å². The fraction of sp³-hybridized carbons (Fsp3) is 0.600. The second-order valence-electron chi connectivity index (χ2n) is 5.30. The van der Waals surface area contributed by atoms with Crippen LogP contribution in [0.4, 0.5) is 8.78 Å². The van der Waals surface area contributed by atoms with Crippen molar-refractivity contribution in [1.82, 2.24) is 4.90 Å². The fourth-order valence-corrected chi connectivity index (χ4v) is 2.88. The highest BCUT2D eigenvalue weighted by molar-refractivity contribution is 5.17. The molecule has 4 heteroatoms. The lowest BCUT2D eigenvalue weighted by atomic mass is 9.94. The van der Waals surface area contributed by atoms with Gasteiger partial charge in [0, 0.05) is 25.7 Å². The molecule has 0 saturated heterocycles. The quantitative estimate of drug-likeness (QED) is 0.889. The predicted molar refractivity (Wildman–Crippen MR) is 72.7 cm³/mol. The summed E-state index contributed by atoms with van der Waals surface area (Å²) in [6.45, 7) is 2.06. The van der Waals surface area contributed by atoms with Crippen LogP contribution in [-0.2, 0) is 6.54 Å². The molecule has 0 aliphatic heterocycles. The highest BCUT2D eigenvalue weighted by Gasteiger charge is 2.20. The van der Waals surface area contributed by atoms with Crippen LogP contribution in [0.3, 0.4) is 0 Å². The predicted octanol–water partition coefficient (Wildman–Crippen LogP) is 3.06. The molecule has 0 amide bonds. The van der Waals surface area contributed by atoms with Gasteiger partial charge in [-0.25, -0.2) is 8.78 Å². The minimum absolute atomic E-state index is 0.533. The van der Waals surface area contributed by atoms with Gasteiger partial charge in [-0.2, -0.15) is 0 Å². The van der Waals surface area contributed by atoms with Crippen LogP contribution in [0.2, 0.25) is 0 Å². The van der Waals surface area contributed by atoms with Crippen molar-refractivity contribution in [3.8, 4) is 0 Å². The van der Waals surface area contributed by atoms with Crippen LogP contribution < -0.4 is 5.73 Å². The number of rotatable bonds is 5. The molecule has 0 unspecified atom stereocenters. The maximum absolute atomic E-state index is 13.2. The lowest BCUT2D eigenvalue weighted by molar-refractivity contribution is 0.152. The summed E-state index contributed by atoms with van der Waals surface area (Å²) in [4.78, 5) is 2.31. The van der Waals surface area contributed by atoms with E-state index in [1.54, 1.807) is 6.07 Å². The summed E-state index contributed by atoms with van der Waals surface area (Å²) < 4.78 is 26.2. The highest BCUT2D eigenvalue weighted by atomic mass is 19.2. The van der Waals surface area contributed by atoms with Gasteiger partial charge in [0.25, 0.3) is 0 Å². The van der Waals surface area contributed by atoms with Gasteiger partial charge in [0.05, 0.1) is 0 Å². The molecule has 0 aromatic heterocycles. The van der Waals surface area contributed by atoms with Crippen molar-refractivity contribution in [2.24, 2.45) is 5.73 Å². The van der Waals surface area contributed by atoms with Gasteiger partial charge in [0.15, 0.2) is 11.6 Å². The molecule has 0 spiro atoms. The molecule has 0 bridgehead atoms. The van der Waals surface area contributed by atoms with Crippen LogP contribution in [-0.4, -0.2) is 24.0 Å². The number of halogens is 2. The fourth-order valence-electron chi connectivity index (χ4n) is 2.88. The summed E-state index contributed by atoms with van der Waals surface area (Å²) in [6, 6.07) is 4.68. The number of hydrogen-bond donors (Lipinski definition) is 1. The van der Waals surface area contributed by atoms with Crippen molar-refractivity contribution < 1.29 is 8.78 Å². The van der Waals surface area contributed by atoms with Gasteiger partial charge in [-0.3, -0.25) is 4.90 Å². The maximum Gasteiger partial charge on any atom is 0.159 e. The number of nitrogens with two attached hydrogens (primary N) is 1. The van der Waals surface area contributed by atoms with E-state index in [1.807, 2.05) is 0 Å². The van der Waals surface area contributed by atoms with Crippen LogP contribution in [0.5, 0.6) is 0 Å². The Morgan fingerprint density at radius 3 is 2.47 bits per heavy atom. The van der Waals surface area contributed by atoms with Gasteiger partial charge in [0.2, 0.25) is 0 Å². The van der Waals surface area contributed by atoms with Gasteiger partial charge in [-0.1, -0.05) is 25.3 Å². The van der Waals surface area contributed by atoms with Crippen molar-refractivity contribution >= 4 is 0 Å². The normalized spacial score (nSPS) is 17.1. The van der Waals surface area contributed by atoms with E-state index in [2.05, 4.69) is 4.90 Å². The first-order valence-electron chi connectivity index (χ1n) is 7.08. The first-order chi connectivity index (χ1) is 9.20. The Kier molecular flexibility index (Phi) is 5.28. The standard InChI is InChI=1S/C15H22F2N2/c16-14-7-6-12(10-15(14)17)11-19(9-8-18)13-4-2-1-3-5-13/h6-7,10,13H,1-5,8-9,11,18H2. The lowest BCUT2D eigenvalue weighted by Gasteiger charge is -2.34. The van der Waals surface area contributed by atoms with Gasteiger partial charge in [-0.05, 0) is 30.5 Å². The van der Waals surface area contributed by atoms with E-state index >= 15 is 0 Å². The summed E-state index contributed by atoms with van der Waals surface area (Å²) >= 11 is 0. The van der Waals surface area contributed by atoms with E-state index in [0.717, 1.165) is 12.1 Å². The van der Waals surface area contributed by atoms with E-state index < -0.39 is 11.6 Å². The number of hydrogen-bond acceptors (Lipinski definition) is 2. The van der Waals surface area contributed by atoms with Crippen molar-refractivity contribution in [2.75, 3.05) is 13.1 Å². The molecule has 0 radical (unpaired) electrons. The summed E-state index contributed by atoms with van der Waals surface area (Å²) in [6.07, 6.45) is 6.18. The van der Waals surface area contributed by atoms with E-state index in [1.165, 1.54) is 44.2 Å². The molecule has 1 aromatic carbocycles. The molecular weight excluding hydrogens is 246 g/mol. The maximum atomic E-state index is 13.2. The molecular formula is C15H22F2N2. The second-order valence-corrected chi connectivity index (χ2v) is 5.30. The molecule has 106 valence electrons. The molecule has 2 rings (SSSR count). The summed E-state index contributed by atoms with van der Waals surface area (Å²) in [5.74, 6) is -1.55. The molecule has 0 atom stereocenters. The van der Waals surface area contributed by atoms with E-state index in [4.69, 9.17) is 5.73 Å². The minimum atomic E-state index is -0.785. The first-order valence-corrected chi connectivity index (χ1v) is 7.08. The zero-order chi connectivity index (χ0) is 13.7. The molecule has 1 aliphatic carbocycles. The Hall–Kier alpha value is -1.00. The Morgan fingerprint density at radius 1 is 1.11 bits per heavy atom. The zero-order valence-corrected chi connectivity index (χ0v) is 11.2. The third kappa shape index (κ3) is 3.98. The SMILES string of the molecule is NCCN(Cc1ccc(F)c(F)c1)C1CCCCC1. The lowest BCUT2D eigenvalue weighted by Crippen LogP contribution is -2.39. The van der Waals surface area contributed by atoms with Crippen molar-refractivity contribution in [3.05, 3.63) is 35.4 Å². The first kappa shape index (κ1) is 14.4. The smallest absolute Gasteiger partial charge is 0.159 e. The van der Waals surface area contributed by atoms with E-state index in [9.17, 15) is 8.78 Å². The Morgan fingerprint density at radius 2 is 1.84 bits per heavy atom. The van der Waals surface area contributed by atoms with Gasteiger partial charge in [-0.15, -0.1) is 0 Å². The minimum Gasteiger partial charge on any atom is -0.329 e. The average Bonchev–Trinajstić information content (AvgIpc) is 2.43. The Balaban J connectivity index is 2.04. The Bertz CT molecular complexity index is 403. The summed E-state index contributed by atoms with van der Waals surface area (Å²) in [5, 5.41) is 0. The van der Waals surface area contributed by atoms with Crippen LogP contribution in [0.1, 0.15) is 37.7 Å². The zero-order valence-electron chi connectivity index (χ0n) is 11.2. The third-order valence-corrected chi connectivity index (χ3v) is 3.88. The van der Waals surface area contributed by atoms with Crippen LogP contribution in [0, 0.1) is 11.6 Å². The monoisotopic (exact) mass is 268 g/mol. The molecule has 1 saturated carbocycles. The molecule has 2 N–H and O–H groups in total. The van der Waals surface area contributed by atoms with Gasteiger partial charge in [0.1, 0.15) is 0 Å². The van der Waals surface area contributed by atoms with E-state index in [0.29, 0.717) is 19.1 Å². The van der Waals surface area contributed by atoms with Crippen LogP contribution in [0.25, 0.3) is 0 Å². The van der Waals surface area contributed by atoms with E-state index in [-0.39, 0.29) is 0 Å². The Labute approximate surface area is 113 Å². The summed E-state index contributed by atoms with van der Waals surface area (Å²) in [5.41, 5.74) is 6.49. The van der Waals surface area contributed by atoms with Crippen molar-refractivity contribution in [1.29, 1.82) is 0 Å². The molecule has 1 fully saturated rings. The molecule has 19 heavy (non-hydrogen) atoms. The number of benzene rings is 1. The number of nitrogens with zero attached hydrogens (tertiary/aromatic N) is 1. The molecule has 0 heterocycles. The third-order valence-electron chi connectivity index (χ3n) is 3.88.